The molecule has 0 aromatic heterocycles. The molecule has 1 N–H and O–H groups in total. The van der Waals surface area contributed by atoms with Crippen LogP contribution in [0.5, 0.6) is 11.5 Å². The van der Waals surface area contributed by atoms with E-state index in [1.165, 1.54) is 0 Å². The van der Waals surface area contributed by atoms with E-state index in [1.807, 2.05) is 18.2 Å². The summed E-state index contributed by atoms with van der Waals surface area (Å²) >= 11 is 0. The largest absolute Gasteiger partial charge is 0.454 e. The predicted molar refractivity (Wildman–Crippen MR) is 73.9 cm³/mol. The topological polar surface area (TPSA) is 64.6 Å². The first kappa shape index (κ1) is 12.4. The monoisotopic (exact) mass is 285 g/mol. The first-order valence-electron chi connectivity index (χ1n) is 7.18. The fraction of sp³-hybridized carbons (Fsp3) is 0.375. The summed E-state index contributed by atoms with van der Waals surface area (Å²) in [4.78, 5) is 24.2. The maximum atomic E-state index is 12.3. The van der Waals surface area contributed by atoms with Crippen LogP contribution in [0.1, 0.15) is 37.2 Å². The number of Topliss-reactive ketones (excluding diaryl/α,β-unsaturated/α-hetero) is 1. The smallest absolute Gasteiger partial charge is 0.231 e. The Labute approximate surface area is 121 Å². The SMILES string of the molecule is O=C1C[C@@H](c2ccc3c(c2)OCO3)C2=C(CCCC2=O)N1. The summed E-state index contributed by atoms with van der Waals surface area (Å²) in [6, 6.07) is 5.65. The first-order chi connectivity index (χ1) is 10.2. The number of allylic oxidation sites excluding steroid dienone is 2. The van der Waals surface area contributed by atoms with Gasteiger partial charge in [0, 0.05) is 30.0 Å². The summed E-state index contributed by atoms with van der Waals surface area (Å²) in [5.74, 6) is 1.35. The van der Waals surface area contributed by atoms with Gasteiger partial charge in [-0.3, -0.25) is 9.59 Å². The molecule has 1 amide bonds. The summed E-state index contributed by atoms with van der Waals surface area (Å²) in [6.07, 6.45) is 2.46. The Bertz CT molecular complexity index is 677. The molecular formula is C16H15NO4. The van der Waals surface area contributed by atoms with E-state index < -0.39 is 0 Å². The molecule has 0 fully saturated rings. The van der Waals surface area contributed by atoms with Crippen LogP contribution >= 0.6 is 0 Å². The van der Waals surface area contributed by atoms with E-state index in [4.69, 9.17) is 9.47 Å². The maximum Gasteiger partial charge on any atom is 0.231 e. The van der Waals surface area contributed by atoms with E-state index in [-0.39, 0.29) is 24.4 Å². The van der Waals surface area contributed by atoms with Gasteiger partial charge in [-0.05, 0) is 30.5 Å². The van der Waals surface area contributed by atoms with E-state index in [2.05, 4.69) is 5.32 Å². The lowest BCUT2D eigenvalue weighted by molar-refractivity contribution is -0.122. The fourth-order valence-corrected chi connectivity index (χ4v) is 3.32. The van der Waals surface area contributed by atoms with Crippen molar-refractivity contribution in [2.24, 2.45) is 0 Å². The van der Waals surface area contributed by atoms with Crippen LogP contribution in [-0.2, 0) is 9.59 Å². The van der Waals surface area contributed by atoms with E-state index >= 15 is 0 Å². The molecule has 5 nitrogen and oxygen atoms in total. The normalized spacial score (nSPS) is 23.9. The van der Waals surface area contributed by atoms with Gasteiger partial charge in [-0.25, -0.2) is 0 Å². The Kier molecular flexibility index (Phi) is 2.74. The van der Waals surface area contributed by atoms with Crippen LogP contribution in [0.15, 0.2) is 29.5 Å². The highest BCUT2D eigenvalue weighted by atomic mass is 16.7. The number of carbonyl (C=O) groups excluding carboxylic acids is 2. The number of benzene rings is 1. The zero-order valence-electron chi connectivity index (χ0n) is 11.5. The lowest BCUT2D eigenvalue weighted by Gasteiger charge is -2.31. The number of ketones is 1. The van der Waals surface area contributed by atoms with E-state index in [0.29, 0.717) is 24.3 Å². The number of hydrogen-bond acceptors (Lipinski definition) is 4. The second-order valence-corrected chi connectivity index (χ2v) is 5.59. The van der Waals surface area contributed by atoms with Crippen molar-refractivity contribution in [2.45, 2.75) is 31.6 Å². The molecule has 1 aromatic rings. The van der Waals surface area contributed by atoms with Crippen molar-refractivity contribution in [1.82, 2.24) is 5.32 Å². The molecule has 1 atom stereocenters. The second-order valence-electron chi connectivity index (χ2n) is 5.59. The molecule has 0 saturated heterocycles. The highest BCUT2D eigenvalue weighted by Gasteiger charge is 2.35. The van der Waals surface area contributed by atoms with Gasteiger partial charge in [-0.1, -0.05) is 6.07 Å². The summed E-state index contributed by atoms with van der Waals surface area (Å²) in [5.41, 5.74) is 2.53. The van der Waals surface area contributed by atoms with Crippen molar-refractivity contribution < 1.29 is 19.1 Å². The van der Waals surface area contributed by atoms with Crippen molar-refractivity contribution in [2.75, 3.05) is 6.79 Å². The Morgan fingerprint density at radius 3 is 2.86 bits per heavy atom. The van der Waals surface area contributed by atoms with Crippen molar-refractivity contribution in [3.05, 3.63) is 35.0 Å². The average Bonchev–Trinajstić information content (AvgIpc) is 2.93. The quantitative estimate of drug-likeness (QED) is 0.857. The van der Waals surface area contributed by atoms with Gasteiger partial charge >= 0.3 is 0 Å². The molecule has 2 aliphatic heterocycles. The number of nitrogens with one attached hydrogen (secondary N) is 1. The van der Waals surface area contributed by atoms with Gasteiger partial charge in [0.15, 0.2) is 17.3 Å². The molecular weight excluding hydrogens is 270 g/mol. The third kappa shape index (κ3) is 2.00. The van der Waals surface area contributed by atoms with Crippen molar-refractivity contribution in [1.29, 1.82) is 0 Å². The van der Waals surface area contributed by atoms with Crippen LogP contribution in [0.2, 0.25) is 0 Å². The van der Waals surface area contributed by atoms with Crippen LogP contribution in [0.4, 0.5) is 0 Å². The zero-order chi connectivity index (χ0) is 14.4. The standard InChI is InChI=1S/C16H15NO4/c18-12-3-1-2-11-16(12)10(7-15(19)17-11)9-4-5-13-14(6-9)21-8-20-13/h4-6,10H,1-3,7-8H2,(H,17,19)/t10-/m0/s1. The summed E-state index contributed by atoms with van der Waals surface area (Å²) in [6.45, 7) is 0.219. The Balaban J connectivity index is 1.79. The number of rotatable bonds is 1. The van der Waals surface area contributed by atoms with Crippen molar-refractivity contribution in [3.8, 4) is 11.5 Å². The number of hydrogen-bond donors (Lipinski definition) is 1. The van der Waals surface area contributed by atoms with Gasteiger partial charge in [0.1, 0.15) is 0 Å². The van der Waals surface area contributed by atoms with Crippen LogP contribution in [-0.4, -0.2) is 18.5 Å². The van der Waals surface area contributed by atoms with Gasteiger partial charge in [-0.2, -0.15) is 0 Å². The minimum Gasteiger partial charge on any atom is -0.454 e. The molecule has 5 heteroatoms. The van der Waals surface area contributed by atoms with Gasteiger partial charge < -0.3 is 14.8 Å². The average molecular weight is 285 g/mol. The van der Waals surface area contributed by atoms with Crippen LogP contribution < -0.4 is 14.8 Å². The Morgan fingerprint density at radius 1 is 1.10 bits per heavy atom. The molecule has 0 radical (unpaired) electrons. The zero-order valence-corrected chi connectivity index (χ0v) is 11.5. The molecule has 108 valence electrons. The van der Waals surface area contributed by atoms with Crippen molar-refractivity contribution in [3.63, 3.8) is 0 Å². The number of fused-ring (bicyclic) bond motifs is 1. The first-order valence-corrected chi connectivity index (χ1v) is 7.18. The lowest BCUT2D eigenvalue weighted by Crippen LogP contribution is -2.36. The third-order valence-electron chi connectivity index (χ3n) is 4.28. The molecule has 0 unspecified atom stereocenters. The van der Waals surface area contributed by atoms with Gasteiger partial charge in [0.2, 0.25) is 12.7 Å². The van der Waals surface area contributed by atoms with Crippen molar-refractivity contribution >= 4 is 11.7 Å². The lowest BCUT2D eigenvalue weighted by atomic mass is 9.78. The summed E-state index contributed by atoms with van der Waals surface area (Å²) in [5, 5.41) is 2.86. The predicted octanol–water partition coefficient (Wildman–Crippen LogP) is 2.03. The molecule has 0 spiro atoms. The number of carbonyl (C=O) groups is 2. The molecule has 3 aliphatic rings. The summed E-state index contributed by atoms with van der Waals surface area (Å²) < 4.78 is 10.7. The fourth-order valence-electron chi connectivity index (χ4n) is 3.32. The van der Waals surface area contributed by atoms with E-state index in [1.54, 1.807) is 0 Å². The van der Waals surface area contributed by atoms with Crippen LogP contribution in [0.25, 0.3) is 0 Å². The molecule has 1 aliphatic carbocycles. The minimum atomic E-state index is -0.170. The van der Waals surface area contributed by atoms with Gasteiger partial charge in [-0.15, -0.1) is 0 Å². The number of ether oxygens (including phenoxy) is 2. The molecule has 21 heavy (non-hydrogen) atoms. The number of amides is 1. The van der Waals surface area contributed by atoms with E-state index in [9.17, 15) is 9.59 Å². The molecule has 1 aromatic carbocycles. The maximum absolute atomic E-state index is 12.3. The Hall–Kier alpha value is -2.30. The minimum absolute atomic E-state index is 0.0221. The van der Waals surface area contributed by atoms with Gasteiger partial charge in [0.05, 0.1) is 0 Å². The third-order valence-corrected chi connectivity index (χ3v) is 4.28. The molecule has 0 bridgehead atoms. The second kappa shape index (κ2) is 4.62. The summed E-state index contributed by atoms with van der Waals surface area (Å²) in [7, 11) is 0. The Morgan fingerprint density at radius 2 is 1.95 bits per heavy atom. The van der Waals surface area contributed by atoms with Gasteiger partial charge in [0.25, 0.3) is 0 Å². The molecule has 0 saturated carbocycles. The van der Waals surface area contributed by atoms with Crippen LogP contribution in [0, 0.1) is 0 Å². The van der Waals surface area contributed by atoms with E-state index in [0.717, 1.165) is 29.7 Å². The highest BCUT2D eigenvalue weighted by Crippen LogP contribution is 2.41. The molecule has 2 heterocycles. The van der Waals surface area contributed by atoms with Crippen LogP contribution in [0.3, 0.4) is 0 Å². The molecule has 4 rings (SSSR count). The highest BCUT2D eigenvalue weighted by molar-refractivity contribution is 6.01.